The molecule has 3 N–H and O–H groups in total. The molecule has 0 unspecified atom stereocenters. The van der Waals surface area contributed by atoms with E-state index < -0.39 is 54.4 Å². The van der Waals surface area contributed by atoms with E-state index in [9.17, 15) is 24.5 Å². The second-order valence-electron chi connectivity index (χ2n) is 15.5. The summed E-state index contributed by atoms with van der Waals surface area (Å²) in [5.41, 5.74) is -0.501. The number of hydrogen-bond acceptors (Lipinski definition) is 9. The molecule has 3 fully saturated rings. The standard InChI is InChI=1S/C35H50BNO9/c1-9-33(7)16-27(34(8)20(2)10-12-35(21(3)30(33)40)13-11-26(38)29(34)35)45-28(39)19-43-23-14-22(17-37-31(41)46-32(4,5)6)24-18-44-36(42)25(24)15-23/h9,14-15,20-21,27,29-30,40,42H,1,10-13,16-19H2,2-8H3,(H,37,41)/t20-,21-,27+,29-,30-,33+,34-,35-/m0/s1. The van der Waals surface area contributed by atoms with E-state index in [0.717, 1.165) is 24.8 Å². The number of alkyl carbamates (subject to hydrolysis) is 1. The molecule has 0 aromatic heterocycles. The SMILES string of the molecule is C=C[C@]1(C)C[C@@H](OC(=O)COc2cc(CNC(=O)OC(C)(C)C)c3c(c2)B(O)OC3)[C@@]2(C)[C@@H]3C(=O)CC[C@@]3(CC[C@@H]2C)[C@@H](C)[C@@H]1O. The fourth-order valence-electron chi connectivity index (χ4n) is 8.93. The molecule has 8 atom stereocenters. The number of hydrogen-bond donors (Lipinski definition) is 3. The van der Waals surface area contributed by atoms with E-state index in [1.165, 1.54) is 0 Å². The molecule has 2 bridgehead atoms. The van der Waals surface area contributed by atoms with E-state index in [1.54, 1.807) is 39.0 Å². The van der Waals surface area contributed by atoms with Gasteiger partial charge in [0.2, 0.25) is 0 Å². The highest BCUT2D eigenvalue weighted by Crippen LogP contribution is 2.68. The van der Waals surface area contributed by atoms with Gasteiger partial charge in [-0.1, -0.05) is 33.8 Å². The fraction of sp³-hybridized carbons (Fsp3) is 0.686. The number of benzene rings is 1. The number of rotatable bonds is 7. The Morgan fingerprint density at radius 1 is 1.22 bits per heavy atom. The van der Waals surface area contributed by atoms with E-state index in [2.05, 4.69) is 32.7 Å². The minimum absolute atomic E-state index is 0.103. The van der Waals surface area contributed by atoms with E-state index in [-0.39, 0.29) is 42.1 Å². The lowest BCUT2D eigenvalue weighted by Gasteiger charge is -2.61. The third-order valence-corrected chi connectivity index (χ3v) is 11.8. The van der Waals surface area contributed by atoms with Crippen molar-refractivity contribution in [1.29, 1.82) is 0 Å². The molecule has 0 saturated heterocycles. The lowest BCUT2D eigenvalue weighted by atomic mass is 9.44. The van der Waals surface area contributed by atoms with Crippen molar-refractivity contribution in [3.05, 3.63) is 35.9 Å². The monoisotopic (exact) mass is 639 g/mol. The largest absolute Gasteiger partial charge is 0.491 e. The van der Waals surface area contributed by atoms with Crippen LogP contribution in [0.25, 0.3) is 0 Å². The van der Waals surface area contributed by atoms with Crippen LogP contribution >= 0.6 is 0 Å². The molecule has 5 rings (SSSR count). The molecule has 46 heavy (non-hydrogen) atoms. The number of carbonyl (C=O) groups is 3. The first kappa shape index (κ1) is 34.4. The van der Waals surface area contributed by atoms with Crippen molar-refractivity contribution in [3.8, 4) is 5.75 Å². The number of aliphatic hydroxyl groups excluding tert-OH is 1. The van der Waals surface area contributed by atoms with E-state index >= 15 is 0 Å². The third-order valence-electron chi connectivity index (χ3n) is 11.8. The normalized spacial score (nSPS) is 35.4. The van der Waals surface area contributed by atoms with Gasteiger partial charge in [-0.2, -0.15) is 0 Å². The first-order valence-electron chi connectivity index (χ1n) is 16.5. The van der Waals surface area contributed by atoms with E-state index in [4.69, 9.17) is 18.9 Å². The topological polar surface area (TPSA) is 141 Å². The molecule has 1 aromatic carbocycles. The number of aliphatic hydroxyl groups is 1. The Kier molecular flexibility index (Phi) is 9.20. The molecule has 252 valence electrons. The Bertz CT molecular complexity index is 1390. The Balaban J connectivity index is 1.37. The summed E-state index contributed by atoms with van der Waals surface area (Å²) in [6.45, 7) is 17.5. The van der Waals surface area contributed by atoms with Crippen LogP contribution in [0.5, 0.6) is 5.75 Å². The van der Waals surface area contributed by atoms with Crippen LogP contribution in [0.1, 0.15) is 91.7 Å². The smallest absolute Gasteiger partial charge is 0.482 e. The van der Waals surface area contributed by atoms with Crippen molar-refractivity contribution in [2.24, 2.45) is 34.0 Å². The van der Waals surface area contributed by atoms with Gasteiger partial charge in [-0.15, -0.1) is 6.58 Å². The summed E-state index contributed by atoms with van der Waals surface area (Å²) in [7, 11) is -1.16. The number of nitrogens with one attached hydrogen (secondary N) is 1. The number of esters is 1. The summed E-state index contributed by atoms with van der Waals surface area (Å²) in [5, 5.41) is 24.9. The molecule has 11 heteroatoms. The molecular weight excluding hydrogens is 589 g/mol. The summed E-state index contributed by atoms with van der Waals surface area (Å²) in [4.78, 5) is 39.5. The van der Waals surface area contributed by atoms with Crippen LogP contribution in [-0.2, 0) is 36.9 Å². The summed E-state index contributed by atoms with van der Waals surface area (Å²) in [6.07, 6.45) is 3.05. The first-order chi connectivity index (χ1) is 21.4. The zero-order valence-electron chi connectivity index (χ0n) is 28.3. The minimum Gasteiger partial charge on any atom is -0.482 e. The van der Waals surface area contributed by atoms with Crippen molar-refractivity contribution >= 4 is 30.4 Å². The van der Waals surface area contributed by atoms with Crippen LogP contribution in [0.15, 0.2) is 24.8 Å². The second-order valence-corrected chi connectivity index (χ2v) is 15.5. The Morgan fingerprint density at radius 3 is 2.61 bits per heavy atom. The maximum atomic E-state index is 13.6. The van der Waals surface area contributed by atoms with Crippen LogP contribution in [0.2, 0.25) is 0 Å². The van der Waals surface area contributed by atoms with Crippen LogP contribution in [0.3, 0.4) is 0 Å². The van der Waals surface area contributed by atoms with Crippen molar-refractivity contribution < 1.29 is 43.4 Å². The fourth-order valence-corrected chi connectivity index (χ4v) is 8.93. The van der Waals surface area contributed by atoms with Crippen molar-refractivity contribution in [3.63, 3.8) is 0 Å². The Hall–Kier alpha value is -2.89. The van der Waals surface area contributed by atoms with E-state index in [0.29, 0.717) is 29.6 Å². The Morgan fingerprint density at radius 2 is 1.93 bits per heavy atom. The molecule has 1 aliphatic heterocycles. The van der Waals surface area contributed by atoms with Gasteiger partial charge in [0.25, 0.3) is 0 Å². The predicted octanol–water partition coefficient (Wildman–Crippen LogP) is 4.21. The number of ether oxygens (including phenoxy) is 3. The van der Waals surface area contributed by atoms with Crippen LogP contribution in [0.4, 0.5) is 4.79 Å². The molecule has 3 saturated carbocycles. The zero-order chi connectivity index (χ0) is 33.8. The Labute approximate surface area is 272 Å². The van der Waals surface area contributed by atoms with Gasteiger partial charge in [0.1, 0.15) is 23.2 Å². The average Bonchev–Trinajstić information content (AvgIpc) is 3.54. The van der Waals surface area contributed by atoms with Crippen molar-refractivity contribution in [1.82, 2.24) is 5.32 Å². The lowest BCUT2D eigenvalue weighted by molar-refractivity contribution is -0.207. The molecule has 1 heterocycles. The molecule has 10 nitrogen and oxygen atoms in total. The maximum absolute atomic E-state index is 13.6. The third kappa shape index (κ3) is 5.99. The van der Waals surface area contributed by atoms with Gasteiger partial charge < -0.3 is 34.3 Å². The molecule has 1 aromatic rings. The summed E-state index contributed by atoms with van der Waals surface area (Å²) < 4.78 is 23.0. The highest BCUT2D eigenvalue weighted by atomic mass is 16.6. The lowest BCUT2D eigenvalue weighted by Crippen LogP contribution is -2.63. The average molecular weight is 640 g/mol. The number of fused-ring (bicyclic) bond motifs is 1. The second kappa shape index (κ2) is 12.3. The van der Waals surface area contributed by atoms with E-state index in [1.807, 2.05) is 6.92 Å². The van der Waals surface area contributed by atoms with Gasteiger partial charge in [-0.05, 0) is 92.4 Å². The number of ketones is 1. The highest BCUT2D eigenvalue weighted by molar-refractivity contribution is 6.61. The van der Waals surface area contributed by atoms with Gasteiger partial charge >= 0.3 is 19.2 Å². The first-order valence-corrected chi connectivity index (χ1v) is 16.5. The predicted molar refractivity (Wildman–Crippen MR) is 172 cm³/mol. The summed E-state index contributed by atoms with van der Waals surface area (Å²) in [5.74, 6) is -0.418. The molecule has 1 amide bonds. The van der Waals surface area contributed by atoms with Gasteiger partial charge in [0.05, 0.1) is 12.7 Å². The summed E-state index contributed by atoms with van der Waals surface area (Å²) in [6, 6.07) is 3.32. The highest BCUT2D eigenvalue weighted by Gasteiger charge is 2.68. The number of carbonyl (C=O) groups excluding carboxylic acids is 3. The minimum atomic E-state index is -1.16. The molecule has 0 radical (unpaired) electrons. The number of amides is 1. The zero-order valence-corrected chi connectivity index (χ0v) is 28.3. The van der Waals surface area contributed by atoms with Crippen LogP contribution in [-0.4, -0.2) is 59.5 Å². The molecule has 0 spiro atoms. The van der Waals surface area contributed by atoms with Crippen LogP contribution < -0.4 is 15.5 Å². The van der Waals surface area contributed by atoms with Gasteiger partial charge in [-0.25, -0.2) is 9.59 Å². The van der Waals surface area contributed by atoms with Gasteiger partial charge in [0, 0.05) is 29.7 Å². The number of Topliss-reactive ketones (excluding diaryl/α,β-unsaturated/α-hetero) is 1. The van der Waals surface area contributed by atoms with Crippen molar-refractivity contribution in [2.45, 2.75) is 112 Å². The molecular formula is C35H50BNO9. The van der Waals surface area contributed by atoms with Crippen LogP contribution in [0, 0.1) is 34.0 Å². The van der Waals surface area contributed by atoms with Gasteiger partial charge in [-0.3, -0.25) is 4.79 Å². The molecule has 3 aliphatic carbocycles. The molecule has 4 aliphatic rings. The quantitative estimate of drug-likeness (QED) is 0.227. The van der Waals surface area contributed by atoms with Crippen molar-refractivity contribution in [2.75, 3.05) is 6.61 Å². The van der Waals surface area contributed by atoms with Gasteiger partial charge in [0.15, 0.2) is 6.61 Å². The maximum Gasteiger partial charge on any atom is 0.491 e. The summed E-state index contributed by atoms with van der Waals surface area (Å²) >= 11 is 0.